The van der Waals surface area contributed by atoms with Gasteiger partial charge in [0.1, 0.15) is 0 Å². The first-order chi connectivity index (χ1) is 11.3. The molecule has 3 atom stereocenters. The molecule has 3 aliphatic heterocycles. The van der Waals surface area contributed by atoms with E-state index in [4.69, 9.17) is 5.73 Å². The van der Waals surface area contributed by atoms with E-state index in [2.05, 4.69) is 56.5 Å². The number of piperazine rings is 1. The Hall–Kier alpha value is -2.18. The van der Waals surface area contributed by atoms with Crippen molar-refractivity contribution in [3.05, 3.63) is 48.3 Å². The minimum Gasteiger partial charge on any atom is -0.381 e. The lowest BCUT2D eigenvalue weighted by atomic mass is 9.96. The van der Waals surface area contributed by atoms with E-state index in [0.29, 0.717) is 0 Å². The first-order valence-electron chi connectivity index (χ1n) is 8.28. The standard InChI is InChI=1S/C17H24N6/c18-17-16-15(20-5-6-21-16)11-14(22-17)12-1-3-13(4-2-12)23-9-7-19-8-10-23/h1-6,11,15-17,19-22H,7-10,18H2. The number of benzene rings is 1. The summed E-state index contributed by atoms with van der Waals surface area (Å²) in [6.45, 7) is 4.24. The monoisotopic (exact) mass is 312 g/mol. The highest BCUT2D eigenvalue weighted by Crippen LogP contribution is 2.23. The van der Waals surface area contributed by atoms with Crippen LogP contribution >= 0.6 is 0 Å². The number of anilines is 1. The van der Waals surface area contributed by atoms with E-state index in [0.717, 1.165) is 31.9 Å². The van der Waals surface area contributed by atoms with Gasteiger partial charge in [0.25, 0.3) is 0 Å². The molecule has 1 fully saturated rings. The maximum Gasteiger partial charge on any atom is 0.0973 e. The van der Waals surface area contributed by atoms with Gasteiger partial charge in [0.15, 0.2) is 0 Å². The number of nitrogens with zero attached hydrogens (tertiary/aromatic N) is 1. The Labute approximate surface area is 136 Å². The van der Waals surface area contributed by atoms with E-state index in [9.17, 15) is 0 Å². The fraction of sp³-hybridized carbons (Fsp3) is 0.412. The Morgan fingerprint density at radius 3 is 2.52 bits per heavy atom. The second-order valence-electron chi connectivity index (χ2n) is 6.25. The van der Waals surface area contributed by atoms with E-state index >= 15 is 0 Å². The minimum absolute atomic E-state index is 0.120. The zero-order chi connectivity index (χ0) is 15.6. The fourth-order valence-electron chi connectivity index (χ4n) is 3.46. The topological polar surface area (TPSA) is 77.4 Å². The molecule has 3 heterocycles. The summed E-state index contributed by atoms with van der Waals surface area (Å²) in [5, 5.41) is 13.5. The summed E-state index contributed by atoms with van der Waals surface area (Å²) in [5.74, 6) is 0. The molecule has 23 heavy (non-hydrogen) atoms. The third kappa shape index (κ3) is 2.87. The predicted octanol–water partition coefficient (Wildman–Crippen LogP) is -0.274. The van der Waals surface area contributed by atoms with E-state index in [-0.39, 0.29) is 18.2 Å². The second kappa shape index (κ2) is 6.14. The molecule has 6 nitrogen and oxygen atoms in total. The Bertz CT molecular complexity index is 602. The lowest BCUT2D eigenvalue weighted by Crippen LogP contribution is -2.63. The first kappa shape index (κ1) is 14.4. The van der Waals surface area contributed by atoms with Gasteiger partial charge in [-0.3, -0.25) is 0 Å². The summed E-state index contributed by atoms with van der Waals surface area (Å²) in [4.78, 5) is 2.42. The van der Waals surface area contributed by atoms with Gasteiger partial charge < -0.3 is 31.9 Å². The van der Waals surface area contributed by atoms with Crippen molar-refractivity contribution in [1.29, 1.82) is 0 Å². The zero-order valence-corrected chi connectivity index (χ0v) is 13.1. The third-order valence-electron chi connectivity index (χ3n) is 4.76. The van der Waals surface area contributed by atoms with E-state index < -0.39 is 0 Å². The van der Waals surface area contributed by atoms with Gasteiger partial charge in [-0.2, -0.15) is 0 Å². The molecule has 122 valence electrons. The molecular formula is C17H24N6. The molecule has 1 aromatic carbocycles. The van der Waals surface area contributed by atoms with Gasteiger partial charge in [-0.1, -0.05) is 12.1 Å². The number of rotatable bonds is 2. The summed E-state index contributed by atoms with van der Waals surface area (Å²) in [6.07, 6.45) is 5.93. The molecule has 6 N–H and O–H groups in total. The molecule has 0 spiro atoms. The van der Waals surface area contributed by atoms with Crippen LogP contribution in [0, 0.1) is 0 Å². The van der Waals surface area contributed by atoms with Crippen molar-refractivity contribution >= 4 is 11.4 Å². The van der Waals surface area contributed by atoms with Crippen molar-refractivity contribution in [2.24, 2.45) is 5.73 Å². The average Bonchev–Trinajstić information content (AvgIpc) is 2.63. The zero-order valence-electron chi connectivity index (χ0n) is 13.1. The van der Waals surface area contributed by atoms with Gasteiger partial charge in [-0.05, 0) is 23.8 Å². The Kier molecular flexibility index (Phi) is 3.85. The minimum atomic E-state index is -0.120. The SMILES string of the molecule is NC1NC(c2ccc(N3CCNCC3)cc2)=CC2NC=CNC12. The molecule has 3 aliphatic rings. The molecule has 1 aromatic rings. The summed E-state index contributed by atoms with van der Waals surface area (Å²) in [7, 11) is 0. The fourth-order valence-corrected chi connectivity index (χ4v) is 3.46. The van der Waals surface area contributed by atoms with Crippen molar-refractivity contribution in [1.82, 2.24) is 21.3 Å². The average molecular weight is 312 g/mol. The summed E-state index contributed by atoms with van der Waals surface area (Å²) in [5.41, 5.74) is 9.81. The van der Waals surface area contributed by atoms with Crippen LogP contribution in [0.25, 0.3) is 5.70 Å². The lowest BCUT2D eigenvalue weighted by Gasteiger charge is -2.39. The van der Waals surface area contributed by atoms with Crippen LogP contribution in [0.3, 0.4) is 0 Å². The second-order valence-corrected chi connectivity index (χ2v) is 6.25. The molecular weight excluding hydrogens is 288 g/mol. The summed E-state index contributed by atoms with van der Waals surface area (Å²) in [6, 6.07) is 9.13. The van der Waals surface area contributed by atoms with Crippen LogP contribution in [0.5, 0.6) is 0 Å². The van der Waals surface area contributed by atoms with Gasteiger partial charge >= 0.3 is 0 Å². The number of hydrogen-bond acceptors (Lipinski definition) is 6. The largest absolute Gasteiger partial charge is 0.381 e. The van der Waals surface area contributed by atoms with Gasteiger partial charge in [-0.25, -0.2) is 0 Å². The number of fused-ring (bicyclic) bond motifs is 1. The molecule has 0 saturated carbocycles. The highest BCUT2D eigenvalue weighted by molar-refractivity contribution is 5.68. The van der Waals surface area contributed by atoms with Crippen LogP contribution in [-0.4, -0.2) is 44.4 Å². The highest BCUT2D eigenvalue weighted by Gasteiger charge is 2.31. The van der Waals surface area contributed by atoms with Crippen LogP contribution in [0.4, 0.5) is 5.69 Å². The highest BCUT2D eigenvalue weighted by atomic mass is 15.2. The van der Waals surface area contributed by atoms with E-state index in [1.807, 2.05) is 12.4 Å². The van der Waals surface area contributed by atoms with Crippen molar-refractivity contribution in [3.63, 3.8) is 0 Å². The first-order valence-corrected chi connectivity index (χ1v) is 8.28. The number of nitrogens with one attached hydrogen (secondary N) is 4. The molecule has 0 amide bonds. The molecule has 0 aliphatic carbocycles. The Morgan fingerprint density at radius 2 is 1.74 bits per heavy atom. The van der Waals surface area contributed by atoms with E-state index in [1.54, 1.807) is 0 Å². The van der Waals surface area contributed by atoms with Gasteiger partial charge in [0, 0.05) is 50.0 Å². The summed E-state index contributed by atoms with van der Waals surface area (Å²) >= 11 is 0. The maximum atomic E-state index is 6.26. The Balaban J connectivity index is 1.53. The van der Waals surface area contributed by atoms with Crippen LogP contribution in [0.1, 0.15) is 5.56 Å². The quantitative estimate of drug-likeness (QED) is 0.517. The normalized spacial score (nSPS) is 29.7. The van der Waals surface area contributed by atoms with Crippen LogP contribution in [-0.2, 0) is 0 Å². The van der Waals surface area contributed by atoms with Crippen molar-refractivity contribution < 1.29 is 0 Å². The third-order valence-corrected chi connectivity index (χ3v) is 4.76. The van der Waals surface area contributed by atoms with Crippen molar-refractivity contribution in [3.8, 4) is 0 Å². The smallest absolute Gasteiger partial charge is 0.0973 e. The maximum absolute atomic E-state index is 6.26. The molecule has 6 heteroatoms. The van der Waals surface area contributed by atoms with Crippen molar-refractivity contribution in [2.75, 3.05) is 31.1 Å². The Morgan fingerprint density at radius 1 is 1.00 bits per heavy atom. The number of nitrogens with two attached hydrogens (primary N) is 1. The predicted molar refractivity (Wildman–Crippen MR) is 93.6 cm³/mol. The van der Waals surface area contributed by atoms with Gasteiger partial charge in [0.05, 0.1) is 18.2 Å². The molecule has 0 radical (unpaired) electrons. The molecule has 0 bridgehead atoms. The van der Waals surface area contributed by atoms with Gasteiger partial charge in [-0.15, -0.1) is 0 Å². The molecule has 3 unspecified atom stereocenters. The molecule has 4 rings (SSSR count). The summed E-state index contributed by atoms with van der Waals surface area (Å²) < 4.78 is 0. The van der Waals surface area contributed by atoms with Crippen LogP contribution in [0.2, 0.25) is 0 Å². The molecule has 1 saturated heterocycles. The number of hydrogen-bond donors (Lipinski definition) is 5. The van der Waals surface area contributed by atoms with E-state index in [1.165, 1.54) is 11.3 Å². The van der Waals surface area contributed by atoms with Gasteiger partial charge in [0.2, 0.25) is 0 Å². The molecule has 0 aromatic heterocycles. The van der Waals surface area contributed by atoms with Crippen LogP contribution < -0.4 is 31.9 Å². The lowest BCUT2D eigenvalue weighted by molar-refractivity contribution is 0.363. The van der Waals surface area contributed by atoms with Crippen molar-refractivity contribution in [2.45, 2.75) is 18.2 Å². The van der Waals surface area contributed by atoms with Crippen LogP contribution in [0.15, 0.2) is 42.7 Å².